The van der Waals surface area contributed by atoms with Gasteiger partial charge in [-0.15, -0.1) is 0 Å². The monoisotopic (exact) mass is 140 g/mol. The first-order valence-electron chi connectivity index (χ1n) is 3.58. The predicted octanol–water partition coefficient (Wildman–Crippen LogP) is -0.177. The lowest BCUT2D eigenvalue weighted by molar-refractivity contribution is 0.160. The van der Waals surface area contributed by atoms with Gasteiger partial charge in [0.05, 0.1) is 18.1 Å². The van der Waals surface area contributed by atoms with Gasteiger partial charge < -0.3 is 5.11 Å². The molecule has 0 unspecified atom stereocenters. The fraction of sp³-hybridized carbons (Fsp3) is 0.857. The standard InChI is InChI=1S/C7H12N2O/c1-2-9-4-6(3-8)7(10)5-9/h6-7,10H,2,4-5H2,1H3/t6-,7+/m1/s1. The molecule has 0 bridgehead atoms. The molecule has 1 heterocycles. The first-order chi connectivity index (χ1) is 4.77. The summed E-state index contributed by atoms with van der Waals surface area (Å²) < 4.78 is 0. The van der Waals surface area contributed by atoms with Crippen LogP contribution in [-0.2, 0) is 0 Å². The predicted molar refractivity (Wildman–Crippen MR) is 37.2 cm³/mol. The molecule has 1 aliphatic rings. The molecule has 0 aliphatic carbocycles. The van der Waals surface area contributed by atoms with Crippen molar-refractivity contribution in [1.82, 2.24) is 4.90 Å². The van der Waals surface area contributed by atoms with Crippen LogP contribution in [0.4, 0.5) is 0 Å². The Morgan fingerprint density at radius 3 is 2.70 bits per heavy atom. The highest BCUT2D eigenvalue weighted by atomic mass is 16.3. The number of hydrogen-bond donors (Lipinski definition) is 1. The van der Waals surface area contributed by atoms with Crippen LogP contribution in [0.1, 0.15) is 6.92 Å². The maximum Gasteiger partial charge on any atom is 0.0861 e. The first-order valence-corrected chi connectivity index (χ1v) is 3.58. The number of aliphatic hydroxyl groups excluding tert-OH is 1. The van der Waals surface area contributed by atoms with Crippen LogP contribution in [-0.4, -0.2) is 35.7 Å². The Morgan fingerprint density at radius 2 is 2.40 bits per heavy atom. The van der Waals surface area contributed by atoms with Gasteiger partial charge in [0.25, 0.3) is 0 Å². The molecule has 3 nitrogen and oxygen atoms in total. The molecule has 10 heavy (non-hydrogen) atoms. The van der Waals surface area contributed by atoms with E-state index in [0.717, 1.165) is 13.1 Å². The van der Waals surface area contributed by atoms with Crippen molar-refractivity contribution in [1.29, 1.82) is 5.26 Å². The third kappa shape index (κ3) is 1.28. The molecule has 56 valence electrons. The molecule has 1 rings (SSSR count). The van der Waals surface area contributed by atoms with Crippen molar-refractivity contribution in [2.75, 3.05) is 19.6 Å². The van der Waals surface area contributed by atoms with Gasteiger partial charge in [0, 0.05) is 13.1 Å². The second kappa shape index (κ2) is 3.00. The zero-order chi connectivity index (χ0) is 7.56. The van der Waals surface area contributed by atoms with Crippen LogP contribution in [0, 0.1) is 17.2 Å². The molecule has 0 spiro atoms. The normalized spacial score (nSPS) is 34.1. The average Bonchev–Trinajstić information content (AvgIpc) is 2.30. The van der Waals surface area contributed by atoms with Gasteiger partial charge in [-0.3, -0.25) is 4.90 Å². The summed E-state index contributed by atoms with van der Waals surface area (Å²) in [4.78, 5) is 2.08. The molecule has 1 fully saturated rings. The van der Waals surface area contributed by atoms with Crippen LogP contribution in [0.5, 0.6) is 0 Å². The van der Waals surface area contributed by atoms with Gasteiger partial charge in [-0.1, -0.05) is 6.92 Å². The fourth-order valence-electron chi connectivity index (χ4n) is 1.25. The van der Waals surface area contributed by atoms with Crippen molar-refractivity contribution in [2.24, 2.45) is 5.92 Å². The molecule has 3 heteroatoms. The number of rotatable bonds is 1. The number of aliphatic hydroxyl groups is 1. The van der Waals surface area contributed by atoms with Crippen molar-refractivity contribution >= 4 is 0 Å². The lowest BCUT2D eigenvalue weighted by atomic mass is 10.1. The van der Waals surface area contributed by atoms with Crippen LogP contribution in [0.25, 0.3) is 0 Å². The number of β-amino-alcohol motifs (C(OH)–C–C–N with tert-alkyl or cyclic N) is 1. The SMILES string of the molecule is CCN1C[C@@H](C#N)[C@@H](O)C1. The van der Waals surface area contributed by atoms with E-state index in [9.17, 15) is 5.11 Å². The lowest BCUT2D eigenvalue weighted by Crippen LogP contribution is -2.21. The molecule has 0 aromatic carbocycles. The van der Waals surface area contributed by atoms with Crippen LogP contribution in [0.3, 0.4) is 0 Å². The topological polar surface area (TPSA) is 47.3 Å². The van der Waals surface area contributed by atoms with Crippen molar-refractivity contribution in [2.45, 2.75) is 13.0 Å². The molecule has 2 atom stereocenters. The molecule has 1 saturated heterocycles. The van der Waals surface area contributed by atoms with Gasteiger partial charge in [0.15, 0.2) is 0 Å². The van der Waals surface area contributed by atoms with E-state index < -0.39 is 6.10 Å². The minimum absolute atomic E-state index is 0.167. The van der Waals surface area contributed by atoms with Crippen molar-refractivity contribution < 1.29 is 5.11 Å². The smallest absolute Gasteiger partial charge is 0.0861 e. The quantitative estimate of drug-likeness (QED) is 0.549. The summed E-state index contributed by atoms with van der Waals surface area (Å²) >= 11 is 0. The summed E-state index contributed by atoms with van der Waals surface area (Å²) in [7, 11) is 0. The van der Waals surface area contributed by atoms with Crippen molar-refractivity contribution in [3.63, 3.8) is 0 Å². The van der Waals surface area contributed by atoms with E-state index >= 15 is 0 Å². The zero-order valence-electron chi connectivity index (χ0n) is 6.12. The Balaban J connectivity index is 2.46. The van der Waals surface area contributed by atoms with Crippen molar-refractivity contribution in [3.8, 4) is 6.07 Å². The van der Waals surface area contributed by atoms with Crippen molar-refractivity contribution in [3.05, 3.63) is 0 Å². The summed E-state index contributed by atoms with van der Waals surface area (Å²) in [5.41, 5.74) is 0. The third-order valence-electron chi connectivity index (χ3n) is 1.98. The summed E-state index contributed by atoms with van der Waals surface area (Å²) in [6.45, 7) is 4.35. The van der Waals surface area contributed by atoms with Gasteiger partial charge in [-0.05, 0) is 6.54 Å². The maximum atomic E-state index is 9.23. The first kappa shape index (κ1) is 7.52. The maximum absolute atomic E-state index is 9.23. The summed E-state index contributed by atoms with van der Waals surface area (Å²) in [5.74, 6) is -0.167. The van der Waals surface area contributed by atoms with Gasteiger partial charge in [0.2, 0.25) is 0 Å². The molecule has 0 aromatic heterocycles. The fourth-order valence-corrected chi connectivity index (χ4v) is 1.25. The van der Waals surface area contributed by atoms with E-state index in [1.165, 1.54) is 0 Å². The van der Waals surface area contributed by atoms with E-state index in [1.54, 1.807) is 0 Å². The van der Waals surface area contributed by atoms with Gasteiger partial charge in [0.1, 0.15) is 0 Å². The lowest BCUT2D eigenvalue weighted by Gasteiger charge is -2.09. The minimum atomic E-state index is -0.426. The van der Waals surface area contributed by atoms with E-state index in [-0.39, 0.29) is 5.92 Å². The number of likely N-dealkylation sites (tertiary alicyclic amines) is 1. The molecular formula is C7H12N2O. The molecule has 0 radical (unpaired) electrons. The molecule has 0 amide bonds. The third-order valence-corrected chi connectivity index (χ3v) is 1.98. The summed E-state index contributed by atoms with van der Waals surface area (Å²) in [6.07, 6.45) is -0.426. The Kier molecular flexibility index (Phi) is 2.25. The van der Waals surface area contributed by atoms with Gasteiger partial charge in [-0.2, -0.15) is 5.26 Å². The van der Waals surface area contributed by atoms with E-state index in [1.807, 2.05) is 6.92 Å². The molecule has 0 aromatic rings. The summed E-state index contributed by atoms with van der Waals surface area (Å²) in [5, 5.41) is 17.7. The highest BCUT2D eigenvalue weighted by Crippen LogP contribution is 2.14. The molecule has 1 aliphatic heterocycles. The molecule has 1 N–H and O–H groups in total. The Bertz CT molecular complexity index is 152. The molecular weight excluding hydrogens is 128 g/mol. The van der Waals surface area contributed by atoms with Crippen LogP contribution < -0.4 is 0 Å². The van der Waals surface area contributed by atoms with E-state index in [4.69, 9.17) is 5.26 Å². The largest absolute Gasteiger partial charge is 0.390 e. The molecule has 0 saturated carbocycles. The second-order valence-corrected chi connectivity index (χ2v) is 2.66. The zero-order valence-corrected chi connectivity index (χ0v) is 6.12. The highest BCUT2D eigenvalue weighted by Gasteiger charge is 2.29. The van der Waals surface area contributed by atoms with Gasteiger partial charge >= 0.3 is 0 Å². The Hall–Kier alpha value is -0.590. The number of nitrogens with zero attached hydrogens (tertiary/aromatic N) is 2. The second-order valence-electron chi connectivity index (χ2n) is 2.66. The minimum Gasteiger partial charge on any atom is -0.390 e. The van der Waals surface area contributed by atoms with E-state index in [2.05, 4.69) is 11.0 Å². The van der Waals surface area contributed by atoms with E-state index in [0.29, 0.717) is 6.54 Å². The summed E-state index contributed by atoms with van der Waals surface area (Å²) in [6, 6.07) is 2.09. The van der Waals surface area contributed by atoms with Crippen LogP contribution in [0.15, 0.2) is 0 Å². The van der Waals surface area contributed by atoms with Crippen LogP contribution >= 0.6 is 0 Å². The number of hydrogen-bond acceptors (Lipinski definition) is 3. The Morgan fingerprint density at radius 1 is 1.70 bits per heavy atom. The Labute approximate surface area is 60.9 Å². The van der Waals surface area contributed by atoms with Gasteiger partial charge in [-0.25, -0.2) is 0 Å². The highest BCUT2D eigenvalue weighted by molar-refractivity contribution is 4.96. The number of nitriles is 1. The van der Waals surface area contributed by atoms with Crippen LogP contribution in [0.2, 0.25) is 0 Å². The average molecular weight is 140 g/mol. The number of likely N-dealkylation sites (N-methyl/N-ethyl adjacent to an activating group) is 1.